The molecule has 2 atom stereocenters. The van der Waals surface area contributed by atoms with Crippen LogP contribution in [0.15, 0.2) is 12.4 Å². The number of halogens is 2. The number of aryl methyl sites for hydroxylation is 2. The van der Waals surface area contributed by atoms with Gasteiger partial charge < -0.3 is 9.47 Å². The number of methoxy groups -OCH3 is 2. The number of nitrogens with zero attached hydrogens (tertiary/aromatic N) is 6. The van der Waals surface area contributed by atoms with Crippen molar-refractivity contribution >= 4 is 0 Å². The van der Waals surface area contributed by atoms with Gasteiger partial charge in [-0.15, -0.1) is 20.5 Å². The van der Waals surface area contributed by atoms with Crippen molar-refractivity contribution in [3.63, 3.8) is 0 Å². The van der Waals surface area contributed by atoms with E-state index in [0.29, 0.717) is 12.1 Å². The molecule has 4 heterocycles. The summed E-state index contributed by atoms with van der Waals surface area (Å²) in [6, 6.07) is 4.64. The molecule has 49 heavy (non-hydrogen) atoms. The predicted molar refractivity (Wildman–Crippen MR) is 150 cm³/mol. The van der Waals surface area contributed by atoms with Crippen molar-refractivity contribution in [1.82, 2.24) is 19.8 Å². The molecule has 4 rings (SSSR count). The number of aromatic nitrogens is 2. The normalized spacial score (nSPS) is 17.1. The van der Waals surface area contributed by atoms with Crippen molar-refractivity contribution in [1.29, 1.82) is 10.5 Å². The van der Waals surface area contributed by atoms with Crippen LogP contribution in [-0.4, -0.2) is 59.2 Å². The van der Waals surface area contributed by atoms with Gasteiger partial charge in [0.25, 0.3) is 0 Å². The third-order valence-electron chi connectivity index (χ3n) is 7.48. The van der Waals surface area contributed by atoms with Gasteiger partial charge in [-0.05, 0) is 66.5 Å². The Morgan fingerprint density at radius 2 is 0.959 bits per heavy atom. The first-order valence-electron chi connectivity index (χ1n) is 14.6. The van der Waals surface area contributed by atoms with Crippen LogP contribution in [0.2, 0.25) is 0 Å². The Balaban J connectivity index is 0. The van der Waals surface area contributed by atoms with Crippen molar-refractivity contribution in [3.8, 4) is 23.6 Å². The van der Waals surface area contributed by atoms with E-state index in [-0.39, 0.29) is 17.1 Å². The van der Waals surface area contributed by atoms with E-state index < -0.39 is 20.5 Å². The van der Waals surface area contributed by atoms with Crippen LogP contribution in [-0.2, 0) is 30.2 Å². The Hall–Kier alpha value is -2.42. The molecule has 2 aliphatic heterocycles. The number of likely N-dealkylation sites (tertiary alicyclic amines) is 2. The fourth-order valence-corrected chi connectivity index (χ4v) is 5.81. The Bertz CT molecular complexity index is 1240. The van der Waals surface area contributed by atoms with Crippen LogP contribution in [0, 0.1) is 70.8 Å². The molecule has 274 valence electrons. The predicted octanol–water partition coefficient (Wildman–Crippen LogP) is -4.10. The fraction of sp³-hybridized carbons (Fsp3) is 0.600. The number of hydrogen-bond acceptors (Lipinski definition) is 16. The zero-order chi connectivity index (χ0) is 37.2. The number of ether oxygens (including phenoxy) is 2. The van der Waals surface area contributed by atoms with Crippen LogP contribution in [0.3, 0.4) is 0 Å². The second-order valence-electron chi connectivity index (χ2n) is 10.7. The van der Waals surface area contributed by atoms with Gasteiger partial charge in [-0.25, -0.2) is 37.3 Å². The second-order valence-corrected chi connectivity index (χ2v) is 12.2. The van der Waals surface area contributed by atoms with Gasteiger partial charge in [-0.2, -0.15) is 10.5 Å². The SMILES string of the molecule is CC#N.CC#N.COc1c(C)cnc(CN2CCC[C@H]2[C@@H]2CCCN2Cc2ncc(C)c(OC)c2C)c1C.[Fe+4].[O-][Cl+3]([O-])([O-])[O-].[O-][Cl+3]([O-])([O-])[O-]. The molecule has 2 aliphatic rings. The Kier molecular flexibility index (Phi) is 23.7. The second kappa shape index (κ2) is 23.9. The summed E-state index contributed by atoms with van der Waals surface area (Å²) in [5, 5.41) is 14.6. The van der Waals surface area contributed by atoms with Crippen molar-refractivity contribution in [2.75, 3.05) is 27.3 Å². The smallest absolute Gasteiger partial charge is 0.496 e. The Labute approximate surface area is 303 Å². The van der Waals surface area contributed by atoms with Crippen LogP contribution in [0.5, 0.6) is 11.5 Å². The molecule has 0 spiro atoms. The van der Waals surface area contributed by atoms with Gasteiger partial charge in [0.1, 0.15) is 11.5 Å². The van der Waals surface area contributed by atoms with E-state index in [9.17, 15) is 0 Å². The Morgan fingerprint density at radius 1 is 0.694 bits per heavy atom. The molecule has 16 nitrogen and oxygen atoms in total. The van der Waals surface area contributed by atoms with E-state index in [4.69, 9.17) is 67.2 Å². The van der Waals surface area contributed by atoms with E-state index in [1.165, 1.54) is 50.7 Å². The van der Waals surface area contributed by atoms with Crippen LogP contribution in [0.4, 0.5) is 0 Å². The molecular formula is C30H44Cl2FeN6O10+2. The minimum absolute atomic E-state index is 0. The summed E-state index contributed by atoms with van der Waals surface area (Å²) in [6.45, 7) is 15.3. The van der Waals surface area contributed by atoms with Crippen molar-refractivity contribution < 1.29 is 84.3 Å². The first kappa shape index (κ1) is 48.7. The average Bonchev–Trinajstić information content (AvgIpc) is 3.60. The van der Waals surface area contributed by atoms with E-state index >= 15 is 0 Å². The van der Waals surface area contributed by atoms with E-state index in [0.717, 1.165) is 60.2 Å². The molecule has 0 saturated carbocycles. The zero-order valence-corrected chi connectivity index (χ0v) is 31.5. The summed E-state index contributed by atoms with van der Waals surface area (Å²) >= 11 is 0. The van der Waals surface area contributed by atoms with Crippen molar-refractivity contribution in [2.24, 2.45) is 0 Å². The summed E-state index contributed by atoms with van der Waals surface area (Å²) in [5.41, 5.74) is 6.84. The van der Waals surface area contributed by atoms with Crippen LogP contribution in [0.1, 0.15) is 73.2 Å². The molecule has 0 aromatic carbocycles. The maximum absolute atomic E-state index is 8.49. The molecule has 2 saturated heterocycles. The third-order valence-corrected chi connectivity index (χ3v) is 7.48. The van der Waals surface area contributed by atoms with Crippen molar-refractivity contribution in [2.45, 2.75) is 92.4 Å². The van der Waals surface area contributed by atoms with E-state index in [1.807, 2.05) is 12.4 Å². The molecule has 0 bridgehead atoms. The number of rotatable bonds is 7. The molecular weight excluding hydrogens is 731 g/mol. The largest absolute Gasteiger partial charge is 4.00 e. The molecule has 0 N–H and O–H groups in total. The van der Waals surface area contributed by atoms with Crippen molar-refractivity contribution in [3.05, 3.63) is 46.0 Å². The molecule has 0 amide bonds. The van der Waals surface area contributed by atoms with Gasteiger partial charge >= 0.3 is 17.1 Å². The average molecular weight is 775 g/mol. The van der Waals surface area contributed by atoms with E-state index in [1.54, 1.807) is 26.4 Å². The molecule has 19 heteroatoms. The van der Waals surface area contributed by atoms with Gasteiger partial charge in [0.15, 0.2) is 0 Å². The summed E-state index contributed by atoms with van der Waals surface area (Å²) in [4.78, 5) is 14.9. The van der Waals surface area contributed by atoms with Gasteiger partial charge in [-0.3, -0.25) is 19.8 Å². The zero-order valence-electron chi connectivity index (χ0n) is 28.8. The number of nitriles is 2. The first-order chi connectivity index (χ1) is 22.3. The molecule has 2 aromatic rings. The topological polar surface area (TPSA) is 283 Å². The van der Waals surface area contributed by atoms with Crippen LogP contribution >= 0.6 is 0 Å². The molecule has 0 aliphatic carbocycles. The number of pyridine rings is 2. The standard InChI is InChI=1S/C26H38N4O2.2C2H3N.2ClHO4.Fe/c1-17-13-27-21(19(3)25(17)31-5)15-29-11-7-9-23(29)24-10-8-12-30(24)16-22-20(4)26(32-6)18(2)14-28-22;2*1-2-3;2*2-1(3,4)5;/h13-14,23-24H,7-12,15-16H2,1-6H3;2*1H3;2*(H,2,3,4,5);/q;;;;;+4/p-2/t23-,24-;;;;;/m0...../s1. The first-order valence-corrected chi connectivity index (χ1v) is 17.1. The molecule has 2 fully saturated rings. The Morgan fingerprint density at radius 3 is 1.20 bits per heavy atom. The minimum Gasteiger partial charge on any atom is -0.496 e. The maximum atomic E-state index is 8.49. The summed E-state index contributed by atoms with van der Waals surface area (Å²) < 4.78 is 79.2. The summed E-state index contributed by atoms with van der Waals surface area (Å²) in [6.07, 6.45) is 8.93. The molecule has 0 unspecified atom stereocenters. The molecule has 0 radical (unpaired) electrons. The quantitative estimate of drug-likeness (QED) is 0.242. The van der Waals surface area contributed by atoms with Gasteiger partial charge in [0, 0.05) is 73.7 Å². The van der Waals surface area contributed by atoms with Crippen LogP contribution < -0.4 is 46.7 Å². The maximum Gasteiger partial charge on any atom is 4.00 e. The van der Waals surface area contributed by atoms with Gasteiger partial charge in [-0.1, -0.05) is 0 Å². The monoisotopic (exact) mass is 774 g/mol. The molecule has 2 aromatic heterocycles. The van der Waals surface area contributed by atoms with Gasteiger partial charge in [0.05, 0.1) is 37.7 Å². The minimum atomic E-state index is -4.94. The summed E-state index contributed by atoms with van der Waals surface area (Å²) in [7, 11) is -6.38. The third kappa shape index (κ3) is 19.0. The van der Waals surface area contributed by atoms with Crippen LogP contribution in [0.25, 0.3) is 0 Å². The van der Waals surface area contributed by atoms with Gasteiger partial charge in [0.2, 0.25) is 0 Å². The fourth-order valence-electron chi connectivity index (χ4n) is 5.81. The number of hydrogen-bond donors (Lipinski definition) is 0. The summed E-state index contributed by atoms with van der Waals surface area (Å²) in [5.74, 6) is 1.95. The van der Waals surface area contributed by atoms with E-state index in [2.05, 4.69) is 37.5 Å².